The molecule has 0 atom stereocenters. The van der Waals surface area contributed by atoms with E-state index in [0.29, 0.717) is 0 Å². The first kappa shape index (κ1) is 12.6. The normalized spacial score (nSPS) is 10.1. The van der Waals surface area contributed by atoms with Crippen molar-refractivity contribution in [2.24, 2.45) is 0 Å². The molecule has 18 heavy (non-hydrogen) atoms. The number of aryl methyl sites for hydroxylation is 1. The van der Waals surface area contributed by atoms with Crippen LogP contribution in [0.3, 0.4) is 0 Å². The fourth-order valence-electron chi connectivity index (χ4n) is 1.52. The fraction of sp³-hybridized carbons (Fsp3) is 0.0714. The predicted octanol–water partition coefficient (Wildman–Crippen LogP) is 4.30. The molecule has 0 saturated heterocycles. The van der Waals surface area contributed by atoms with Crippen molar-refractivity contribution in [1.29, 1.82) is 5.26 Å². The third kappa shape index (κ3) is 2.69. The van der Waals surface area contributed by atoms with E-state index in [0.717, 1.165) is 34.4 Å². The number of hydrogen-bond acceptors (Lipinski definition) is 2. The van der Waals surface area contributed by atoms with E-state index in [1.807, 2.05) is 25.1 Å². The van der Waals surface area contributed by atoms with E-state index in [1.54, 1.807) is 12.1 Å². The van der Waals surface area contributed by atoms with E-state index in [9.17, 15) is 8.78 Å². The number of rotatable bonds is 2. The predicted molar refractivity (Wildman–Crippen MR) is 66.4 cm³/mol. The van der Waals surface area contributed by atoms with Crippen LogP contribution in [0.4, 0.5) is 8.78 Å². The third-order valence-corrected chi connectivity index (χ3v) is 3.42. The van der Waals surface area contributed by atoms with Crippen LogP contribution in [0.2, 0.25) is 0 Å². The molecule has 0 fully saturated rings. The second-order valence-corrected chi connectivity index (χ2v) is 4.88. The lowest BCUT2D eigenvalue weighted by molar-refractivity contribution is 0.540. The Hall–Kier alpha value is -1.86. The van der Waals surface area contributed by atoms with Gasteiger partial charge in [-0.1, -0.05) is 29.5 Å². The summed E-state index contributed by atoms with van der Waals surface area (Å²) in [5.41, 5.74) is 1.01. The average molecular weight is 261 g/mol. The Balaban J connectivity index is 2.38. The highest BCUT2D eigenvalue weighted by molar-refractivity contribution is 7.99. The molecule has 2 aromatic carbocycles. The van der Waals surface area contributed by atoms with Crippen LogP contribution in [0.25, 0.3) is 0 Å². The Morgan fingerprint density at radius 1 is 1.11 bits per heavy atom. The molecule has 0 aliphatic carbocycles. The van der Waals surface area contributed by atoms with Gasteiger partial charge in [0.05, 0.1) is 16.5 Å². The molecule has 0 unspecified atom stereocenters. The largest absolute Gasteiger partial charge is 0.206 e. The van der Waals surface area contributed by atoms with Crippen molar-refractivity contribution in [2.75, 3.05) is 0 Å². The van der Waals surface area contributed by atoms with Gasteiger partial charge >= 0.3 is 0 Å². The summed E-state index contributed by atoms with van der Waals surface area (Å²) in [5.74, 6) is -1.42. The zero-order chi connectivity index (χ0) is 13.1. The van der Waals surface area contributed by atoms with Crippen LogP contribution in [0, 0.1) is 29.9 Å². The molecule has 0 radical (unpaired) electrons. The minimum absolute atomic E-state index is 0.0152. The molecule has 2 aromatic rings. The molecule has 2 rings (SSSR count). The van der Waals surface area contributed by atoms with Crippen LogP contribution in [0.15, 0.2) is 46.2 Å². The summed E-state index contributed by atoms with van der Waals surface area (Å²) >= 11 is 1.01. The summed E-state index contributed by atoms with van der Waals surface area (Å²) in [4.78, 5) is 0.678. The SMILES string of the molecule is Cc1cccc(Sc2c(F)cc(C#N)cc2F)c1. The molecule has 0 spiro atoms. The summed E-state index contributed by atoms with van der Waals surface area (Å²) < 4.78 is 27.3. The average Bonchev–Trinajstić information content (AvgIpc) is 2.33. The molecule has 0 aliphatic heterocycles. The van der Waals surface area contributed by atoms with Crippen LogP contribution in [-0.4, -0.2) is 0 Å². The first-order chi connectivity index (χ1) is 8.60. The van der Waals surface area contributed by atoms with Gasteiger partial charge < -0.3 is 0 Å². The second-order valence-electron chi connectivity index (χ2n) is 3.80. The van der Waals surface area contributed by atoms with E-state index in [-0.39, 0.29) is 10.5 Å². The third-order valence-electron chi connectivity index (χ3n) is 2.34. The Labute approximate surface area is 108 Å². The smallest absolute Gasteiger partial charge is 0.141 e. The Kier molecular flexibility index (Phi) is 3.63. The van der Waals surface area contributed by atoms with Crippen molar-refractivity contribution in [1.82, 2.24) is 0 Å². The Morgan fingerprint density at radius 2 is 1.78 bits per heavy atom. The van der Waals surface area contributed by atoms with Crippen molar-refractivity contribution in [3.05, 3.63) is 59.2 Å². The van der Waals surface area contributed by atoms with E-state index in [2.05, 4.69) is 0 Å². The fourth-order valence-corrected chi connectivity index (χ4v) is 2.46. The zero-order valence-electron chi connectivity index (χ0n) is 9.58. The van der Waals surface area contributed by atoms with Gasteiger partial charge in [-0.05, 0) is 31.2 Å². The topological polar surface area (TPSA) is 23.8 Å². The highest BCUT2D eigenvalue weighted by Gasteiger charge is 2.12. The Bertz CT molecular complexity index is 609. The minimum atomic E-state index is -0.710. The number of nitrogens with zero attached hydrogens (tertiary/aromatic N) is 1. The zero-order valence-corrected chi connectivity index (χ0v) is 10.4. The minimum Gasteiger partial charge on any atom is -0.206 e. The van der Waals surface area contributed by atoms with Crippen molar-refractivity contribution in [3.8, 4) is 6.07 Å². The highest BCUT2D eigenvalue weighted by atomic mass is 32.2. The molecule has 4 heteroatoms. The number of nitriles is 1. The van der Waals surface area contributed by atoms with Gasteiger partial charge in [-0.15, -0.1) is 0 Å². The maximum absolute atomic E-state index is 13.7. The van der Waals surface area contributed by atoms with Crippen LogP contribution in [0.1, 0.15) is 11.1 Å². The van der Waals surface area contributed by atoms with Gasteiger partial charge in [0, 0.05) is 4.90 Å². The van der Waals surface area contributed by atoms with Gasteiger partial charge in [-0.3, -0.25) is 0 Å². The molecule has 1 nitrogen and oxygen atoms in total. The van der Waals surface area contributed by atoms with Gasteiger partial charge in [0.2, 0.25) is 0 Å². The van der Waals surface area contributed by atoms with Crippen LogP contribution >= 0.6 is 11.8 Å². The summed E-state index contributed by atoms with van der Waals surface area (Å²) in [6.45, 7) is 1.91. The van der Waals surface area contributed by atoms with E-state index in [1.165, 1.54) is 0 Å². The van der Waals surface area contributed by atoms with E-state index >= 15 is 0 Å². The van der Waals surface area contributed by atoms with Gasteiger partial charge in [-0.25, -0.2) is 8.78 Å². The van der Waals surface area contributed by atoms with E-state index < -0.39 is 11.6 Å². The quantitative estimate of drug-likeness (QED) is 0.805. The van der Waals surface area contributed by atoms with Gasteiger partial charge in [0.1, 0.15) is 11.6 Å². The summed E-state index contributed by atoms with van der Waals surface area (Å²) in [6.07, 6.45) is 0. The highest BCUT2D eigenvalue weighted by Crippen LogP contribution is 2.32. The Morgan fingerprint density at radius 3 is 2.33 bits per heavy atom. The van der Waals surface area contributed by atoms with Gasteiger partial charge in [0.15, 0.2) is 0 Å². The van der Waals surface area contributed by atoms with Crippen molar-refractivity contribution >= 4 is 11.8 Å². The van der Waals surface area contributed by atoms with Crippen LogP contribution < -0.4 is 0 Å². The molecule has 0 amide bonds. The van der Waals surface area contributed by atoms with Gasteiger partial charge in [0.25, 0.3) is 0 Å². The first-order valence-corrected chi connectivity index (χ1v) is 6.05. The molecule has 90 valence electrons. The number of halogens is 2. The molecular weight excluding hydrogens is 252 g/mol. The molecule has 0 heterocycles. The summed E-state index contributed by atoms with van der Waals surface area (Å²) in [7, 11) is 0. The van der Waals surface area contributed by atoms with Crippen LogP contribution in [0.5, 0.6) is 0 Å². The molecular formula is C14H9F2NS. The second kappa shape index (κ2) is 5.19. The van der Waals surface area contributed by atoms with Crippen LogP contribution in [-0.2, 0) is 0 Å². The summed E-state index contributed by atoms with van der Waals surface area (Å²) in [6, 6.07) is 11.2. The number of hydrogen-bond donors (Lipinski definition) is 0. The molecule has 0 saturated carbocycles. The van der Waals surface area contributed by atoms with Crippen molar-refractivity contribution in [3.63, 3.8) is 0 Å². The molecule has 0 bridgehead atoms. The summed E-state index contributed by atoms with van der Waals surface area (Å²) in [5, 5.41) is 8.61. The number of benzene rings is 2. The monoisotopic (exact) mass is 261 g/mol. The maximum Gasteiger partial charge on any atom is 0.141 e. The van der Waals surface area contributed by atoms with Crippen molar-refractivity contribution < 1.29 is 8.78 Å². The lowest BCUT2D eigenvalue weighted by Crippen LogP contribution is -1.90. The molecule has 0 aromatic heterocycles. The van der Waals surface area contributed by atoms with E-state index in [4.69, 9.17) is 5.26 Å². The van der Waals surface area contributed by atoms with Crippen molar-refractivity contribution in [2.45, 2.75) is 16.7 Å². The molecule has 0 N–H and O–H groups in total. The standard InChI is InChI=1S/C14H9F2NS/c1-9-3-2-4-11(5-9)18-14-12(15)6-10(8-17)7-13(14)16/h2-7H,1H3. The lowest BCUT2D eigenvalue weighted by atomic mass is 10.2. The van der Waals surface area contributed by atoms with Gasteiger partial charge in [-0.2, -0.15) is 5.26 Å². The maximum atomic E-state index is 13.7. The lowest BCUT2D eigenvalue weighted by Gasteiger charge is -2.06. The molecule has 0 aliphatic rings. The first-order valence-electron chi connectivity index (χ1n) is 5.24.